The van der Waals surface area contributed by atoms with Crippen LogP contribution in [0.2, 0.25) is 0 Å². The first-order chi connectivity index (χ1) is 6.63. The fourth-order valence-electron chi connectivity index (χ4n) is 0.903. The molecule has 1 N–H and O–H groups in total. The lowest BCUT2D eigenvalue weighted by molar-refractivity contribution is 0.0958. The quantitative estimate of drug-likeness (QED) is 0.780. The van der Waals surface area contributed by atoms with E-state index < -0.39 is 17.5 Å². The van der Waals surface area contributed by atoms with Gasteiger partial charge in [0.1, 0.15) is 11.6 Å². The molecular formula is C9H6F2NO2. The molecule has 0 atom stereocenters. The molecule has 0 bridgehead atoms. The molecule has 0 heterocycles. The van der Waals surface area contributed by atoms with Crippen molar-refractivity contribution in [2.75, 3.05) is 6.54 Å². The van der Waals surface area contributed by atoms with Gasteiger partial charge in [-0.15, -0.1) is 0 Å². The lowest BCUT2D eigenvalue weighted by Crippen LogP contribution is -2.25. The van der Waals surface area contributed by atoms with Crippen LogP contribution in [0.15, 0.2) is 18.2 Å². The van der Waals surface area contributed by atoms with Crippen LogP contribution in [0.5, 0.6) is 0 Å². The molecule has 73 valence electrons. The Bertz CT molecular complexity index is 346. The molecule has 1 amide bonds. The van der Waals surface area contributed by atoms with E-state index in [2.05, 4.69) is 5.32 Å². The topological polar surface area (TPSA) is 46.2 Å². The second-order valence-electron chi connectivity index (χ2n) is 2.49. The predicted molar refractivity (Wildman–Crippen MR) is 44.4 cm³/mol. The summed E-state index contributed by atoms with van der Waals surface area (Å²) in [5, 5.41) is 2.11. The van der Waals surface area contributed by atoms with Gasteiger partial charge in [-0.25, -0.2) is 8.78 Å². The number of nitrogens with one attached hydrogen (secondary N) is 1. The Morgan fingerprint density at radius 1 is 1.29 bits per heavy atom. The zero-order chi connectivity index (χ0) is 10.6. The standard InChI is InChI=1S/C9H6F2NO2/c10-7-3-6(4-8(11)5-7)9(14)12-1-2-13/h3-5H,1H2,(H,12,14). The molecule has 5 heteroatoms. The van der Waals surface area contributed by atoms with Crippen LogP contribution in [0.3, 0.4) is 0 Å². The number of carbonyl (C=O) groups is 1. The normalized spacial score (nSPS) is 9.57. The van der Waals surface area contributed by atoms with Gasteiger partial charge in [-0.2, -0.15) is 0 Å². The molecule has 0 spiro atoms. The SMILES string of the molecule is O=[C]CNC(=O)c1cc(F)cc(F)c1. The zero-order valence-corrected chi connectivity index (χ0v) is 7.01. The lowest BCUT2D eigenvalue weighted by Gasteiger charge is -2.01. The number of rotatable bonds is 3. The van der Waals surface area contributed by atoms with Gasteiger partial charge in [0.05, 0.1) is 6.54 Å². The highest BCUT2D eigenvalue weighted by Crippen LogP contribution is 2.07. The number of hydrogen-bond acceptors (Lipinski definition) is 2. The summed E-state index contributed by atoms with van der Waals surface area (Å²) in [5.41, 5.74) is -0.169. The first-order valence-electron chi connectivity index (χ1n) is 3.73. The number of amides is 1. The summed E-state index contributed by atoms with van der Waals surface area (Å²) in [4.78, 5) is 20.9. The fourth-order valence-corrected chi connectivity index (χ4v) is 0.903. The van der Waals surface area contributed by atoms with Crippen LogP contribution in [0.1, 0.15) is 10.4 Å². The summed E-state index contributed by atoms with van der Waals surface area (Å²) in [7, 11) is 0. The Balaban J connectivity index is 2.84. The van der Waals surface area contributed by atoms with Crippen molar-refractivity contribution in [2.45, 2.75) is 0 Å². The van der Waals surface area contributed by atoms with E-state index in [1.54, 1.807) is 0 Å². The van der Waals surface area contributed by atoms with Gasteiger partial charge in [-0.3, -0.25) is 9.59 Å². The monoisotopic (exact) mass is 198 g/mol. The van der Waals surface area contributed by atoms with Gasteiger partial charge in [0.25, 0.3) is 5.91 Å². The molecule has 1 aromatic rings. The molecular weight excluding hydrogens is 192 g/mol. The summed E-state index contributed by atoms with van der Waals surface area (Å²) in [6, 6.07) is 2.41. The van der Waals surface area contributed by atoms with Crippen molar-refractivity contribution < 1.29 is 18.4 Å². The van der Waals surface area contributed by atoms with Gasteiger partial charge < -0.3 is 5.32 Å². The average molecular weight is 198 g/mol. The van der Waals surface area contributed by atoms with E-state index in [0.717, 1.165) is 12.1 Å². The molecule has 3 nitrogen and oxygen atoms in total. The fraction of sp³-hybridized carbons (Fsp3) is 0.111. The van der Waals surface area contributed by atoms with Crippen LogP contribution in [0.25, 0.3) is 0 Å². The maximum atomic E-state index is 12.6. The minimum absolute atomic E-state index is 0.169. The van der Waals surface area contributed by atoms with Gasteiger partial charge in [0.15, 0.2) is 0 Å². The van der Waals surface area contributed by atoms with Gasteiger partial charge in [-0.1, -0.05) is 0 Å². The summed E-state index contributed by atoms with van der Waals surface area (Å²) < 4.78 is 25.2. The Labute approximate surface area is 78.7 Å². The zero-order valence-electron chi connectivity index (χ0n) is 7.01. The molecule has 0 aliphatic rings. The van der Waals surface area contributed by atoms with Gasteiger partial charge >= 0.3 is 0 Å². The molecule has 1 rings (SSSR count). The third-order valence-electron chi connectivity index (χ3n) is 1.45. The highest BCUT2D eigenvalue weighted by Gasteiger charge is 2.07. The molecule has 0 aromatic heterocycles. The molecule has 0 aliphatic heterocycles. The second kappa shape index (κ2) is 4.45. The smallest absolute Gasteiger partial charge is 0.251 e. The van der Waals surface area contributed by atoms with Crippen LogP contribution in [-0.4, -0.2) is 18.7 Å². The van der Waals surface area contributed by atoms with Crippen molar-refractivity contribution in [3.05, 3.63) is 35.4 Å². The van der Waals surface area contributed by atoms with Crippen molar-refractivity contribution >= 4 is 12.2 Å². The second-order valence-corrected chi connectivity index (χ2v) is 2.49. The third kappa shape index (κ3) is 2.62. The minimum atomic E-state index is -0.842. The van der Waals surface area contributed by atoms with Crippen molar-refractivity contribution in [2.24, 2.45) is 0 Å². The van der Waals surface area contributed by atoms with Crippen molar-refractivity contribution in [1.29, 1.82) is 0 Å². The molecule has 0 saturated heterocycles. The first-order valence-corrected chi connectivity index (χ1v) is 3.73. The molecule has 1 aromatic carbocycles. The molecule has 0 unspecified atom stereocenters. The van der Waals surface area contributed by atoms with E-state index in [0.29, 0.717) is 6.07 Å². The van der Waals surface area contributed by atoms with Gasteiger partial charge in [-0.05, 0) is 12.1 Å². The van der Waals surface area contributed by atoms with Crippen LogP contribution < -0.4 is 5.32 Å². The van der Waals surface area contributed by atoms with E-state index >= 15 is 0 Å². The Morgan fingerprint density at radius 2 is 1.86 bits per heavy atom. The van der Waals surface area contributed by atoms with E-state index in [1.165, 1.54) is 6.29 Å². The lowest BCUT2D eigenvalue weighted by atomic mass is 10.2. The van der Waals surface area contributed by atoms with E-state index in [4.69, 9.17) is 0 Å². The highest BCUT2D eigenvalue weighted by molar-refractivity contribution is 5.95. The highest BCUT2D eigenvalue weighted by atomic mass is 19.1. The van der Waals surface area contributed by atoms with Crippen LogP contribution in [0.4, 0.5) is 8.78 Å². The molecule has 1 radical (unpaired) electrons. The average Bonchev–Trinajstić information content (AvgIpc) is 2.12. The van der Waals surface area contributed by atoms with Crippen LogP contribution in [-0.2, 0) is 4.79 Å². The first kappa shape index (κ1) is 10.3. The Kier molecular flexibility index (Phi) is 3.28. The minimum Gasteiger partial charge on any atom is -0.344 e. The van der Waals surface area contributed by atoms with Crippen molar-refractivity contribution in [3.8, 4) is 0 Å². The molecule has 0 aliphatic carbocycles. The molecule has 0 fully saturated rings. The van der Waals surface area contributed by atoms with Crippen LogP contribution in [0, 0.1) is 11.6 Å². The summed E-state index contributed by atoms with van der Waals surface area (Å²) >= 11 is 0. The third-order valence-corrected chi connectivity index (χ3v) is 1.45. The summed E-state index contributed by atoms with van der Waals surface area (Å²) in [6.45, 7) is -0.309. The number of carbonyl (C=O) groups excluding carboxylic acids is 2. The maximum Gasteiger partial charge on any atom is 0.251 e. The number of halogens is 2. The Hall–Kier alpha value is -1.78. The number of hydrogen-bond donors (Lipinski definition) is 1. The van der Waals surface area contributed by atoms with E-state index in [1.807, 2.05) is 0 Å². The predicted octanol–water partition coefficient (Wildman–Crippen LogP) is 0.804. The number of benzene rings is 1. The van der Waals surface area contributed by atoms with Crippen LogP contribution >= 0.6 is 0 Å². The summed E-state index contributed by atoms with van der Waals surface area (Å²) in [6.07, 6.45) is 1.43. The van der Waals surface area contributed by atoms with E-state index in [9.17, 15) is 18.4 Å². The molecule has 14 heavy (non-hydrogen) atoms. The van der Waals surface area contributed by atoms with Gasteiger partial charge in [0.2, 0.25) is 6.29 Å². The molecule has 0 saturated carbocycles. The summed E-state index contributed by atoms with van der Waals surface area (Å²) in [5.74, 6) is -2.40. The van der Waals surface area contributed by atoms with Gasteiger partial charge in [0, 0.05) is 11.6 Å². The van der Waals surface area contributed by atoms with Crippen molar-refractivity contribution in [1.82, 2.24) is 5.32 Å². The van der Waals surface area contributed by atoms with Crippen molar-refractivity contribution in [3.63, 3.8) is 0 Å². The largest absolute Gasteiger partial charge is 0.344 e. The maximum absolute atomic E-state index is 12.6. The van der Waals surface area contributed by atoms with E-state index in [-0.39, 0.29) is 12.1 Å². The Morgan fingerprint density at radius 3 is 2.36 bits per heavy atom.